The van der Waals surface area contributed by atoms with E-state index in [1.807, 2.05) is 6.07 Å². The Labute approximate surface area is 151 Å². The second kappa shape index (κ2) is 8.44. The second-order valence-electron chi connectivity index (χ2n) is 5.53. The molecule has 1 aromatic heterocycles. The van der Waals surface area contributed by atoms with Gasteiger partial charge in [0, 0.05) is 24.4 Å². The van der Waals surface area contributed by atoms with Crippen LogP contribution in [0.2, 0.25) is 0 Å². The third-order valence-corrected chi connectivity index (χ3v) is 3.79. The first kappa shape index (κ1) is 17.9. The molecule has 6 nitrogen and oxygen atoms in total. The Bertz CT molecular complexity index is 837. The number of ether oxygens (including phenoxy) is 3. The number of aromatic nitrogens is 1. The summed E-state index contributed by atoms with van der Waals surface area (Å²) >= 11 is 0. The molecule has 0 aliphatic carbocycles. The van der Waals surface area contributed by atoms with E-state index in [9.17, 15) is 4.39 Å². The Balaban J connectivity index is 2.04. The number of hydrogen-bond acceptors (Lipinski definition) is 6. The maximum Gasteiger partial charge on any atom is 0.223 e. The maximum atomic E-state index is 13.8. The molecule has 0 atom stereocenters. The average molecular weight is 357 g/mol. The molecule has 7 heteroatoms. The van der Waals surface area contributed by atoms with Crippen molar-refractivity contribution in [2.45, 2.75) is 0 Å². The van der Waals surface area contributed by atoms with Crippen LogP contribution in [0.1, 0.15) is 5.56 Å². The summed E-state index contributed by atoms with van der Waals surface area (Å²) in [6.45, 7) is 1.74. The number of hydrogen-bond donors (Lipinski definition) is 1. The fourth-order valence-corrected chi connectivity index (χ4v) is 2.61. The number of halogens is 1. The van der Waals surface area contributed by atoms with Crippen molar-refractivity contribution in [3.63, 3.8) is 0 Å². The molecule has 0 bridgehead atoms. The second-order valence-corrected chi connectivity index (χ2v) is 5.53. The minimum absolute atomic E-state index is 0.360. The number of rotatable bonds is 6. The number of pyridine rings is 1. The summed E-state index contributed by atoms with van der Waals surface area (Å²) in [7, 11) is 1.59. The number of fused-ring (bicyclic) bond motifs is 1. The van der Waals surface area contributed by atoms with Gasteiger partial charge in [0.1, 0.15) is 24.8 Å². The monoisotopic (exact) mass is 357 g/mol. The molecular formula is C19H20FN3O3. The molecular weight excluding hydrogens is 337 g/mol. The van der Waals surface area contributed by atoms with Crippen LogP contribution in [0, 0.1) is 5.82 Å². The Morgan fingerprint density at radius 1 is 1.27 bits per heavy atom. The highest BCUT2D eigenvalue weighted by Gasteiger charge is 2.17. The van der Waals surface area contributed by atoms with Gasteiger partial charge in [-0.1, -0.05) is 0 Å². The Morgan fingerprint density at radius 3 is 2.96 bits per heavy atom. The highest BCUT2D eigenvalue weighted by molar-refractivity contribution is 6.10. The van der Waals surface area contributed by atoms with E-state index < -0.39 is 0 Å². The van der Waals surface area contributed by atoms with E-state index in [2.05, 4.69) is 9.98 Å². The van der Waals surface area contributed by atoms with Gasteiger partial charge < -0.3 is 19.9 Å². The molecule has 0 amide bonds. The lowest BCUT2D eigenvalue weighted by atomic mass is 10.0. The number of benzene rings is 1. The largest absolute Gasteiger partial charge is 0.491 e. The fraction of sp³-hybridized carbons (Fsp3) is 0.263. The summed E-state index contributed by atoms with van der Waals surface area (Å²) < 4.78 is 30.2. The standard InChI is InChI=1S/C19H20FN3O3/c1-24-8-9-25-18-3-2-14(20)11-15(18)13-10-16-17(4-5-21)22-6-7-26-19(16)23-12-13/h2-5,10-12H,6-9,21H2,1H3. The SMILES string of the molecule is COCCOc1ccc(F)cc1-c1cnc2c(c1)C(C=CN)=NCCO2. The van der Waals surface area contributed by atoms with Crippen LogP contribution in [-0.4, -0.2) is 44.2 Å². The van der Waals surface area contributed by atoms with E-state index >= 15 is 0 Å². The molecule has 2 aromatic rings. The zero-order valence-corrected chi connectivity index (χ0v) is 14.4. The topological polar surface area (TPSA) is 79.0 Å². The normalized spacial score (nSPS) is 13.7. The molecule has 1 aliphatic rings. The molecule has 0 saturated heterocycles. The van der Waals surface area contributed by atoms with Gasteiger partial charge in [-0.15, -0.1) is 0 Å². The highest BCUT2D eigenvalue weighted by atomic mass is 19.1. The lowest BCUT2D eigenvalue weighted by Gasteiger charge is -2.13. The van der Waals surface area contributed by atoms with Crippen LogP contribution in [0.15, 0.2) is 47.7 Å². The Hall–Kier alpha value is -2.93. The van der Waals surface area contributed by atoms with Crippen molar-refractivity contribution in [3.8, 4) is 22.8 Å². The summed E-state index contributed by atoms with van der Waals surface area (Å²) in [5, 5.41) is 0. The number of nitrogens with zero attached hydrogens (tertiary/aromatic N) is 2. The zero-order valence-electron chi connectivity index (χ0n) is 14.4. The molecule has 26 heavy (non-hydrogen) atoms. The summed E-state index contributed by atoms with van der Waals surface area (Å²) in [5.74, 6) is 0.662. The molecule has 0 unspecified atom stereocenters. The van der Waals surface area contributed by atoms with Crippen molar-refractivity contribution >= 4 is 5.71 Å². The molecule has 136 valence electrons. The van der Waals surface area contributed by atoms with Crippen LogP contribution in [0.4, 0.5) is 4.39 Å². The first-order valence-corrected chi connectivity index (χ1v) is 8.20. The minimum Gasteiger partial charge on any atom is -0.491 e. The number of methoxy groups -OCH3 is 1. The molecule has 2 heterocycles. The van der Waals surface area contributed by atoms with E-state index in [1.165, 1.54) is 18.3 Å². The number of aliphatic imine (C=N–C) groups is 1. The molecule has 0 fully saturated rings. The van der Waals surface area contributed by atoms with Crippen molar-refractivity contribution in [2.24, 2.45) is 10.7 Å². The Kier molecular flexibility index (Phi) is 5.80. The predicted molar refractivity (Wildman–Crippen MR) is 97.2 cm³/mol. The third kappa shape index (κ3) is 4.00. The molecule has 0 saturated carbocycles. The van der Waals surface area contributed by atoms with Crippen molar-refractivity contribution in [2.75, 3.05) is 33.5 Å². The summed E-state index contributed by atoms with van der Waals surface area (Å²) in [6.07, 6.45) is 4.74. The van der Waals surface area contributed by atoms with Crippen LogP contribution in [-0.2, 0) is 4.74 Å². The van der Waals surface area contributed by atoms with Crippen molar-refractivity contribution in [3.05, 3.63) is 54.1 Å². The average Bonchev–Trinajstić information content (AvgIpc) is 2.85. The van der Waals surface area contributed by atoms with E-state index in [0.717, 1.165) is 0 Å². The van der Waals surface area contributed by atoms with Crippen LogP contribution in [0.25, 0.3) is 11.1 Å². The van der Waals surface area contributed by atoms with Gasteiger partial charge in [-0.2, -0.15) is 0 Å². The van der Waals surface area contributed by atoms with Gasteiger partial charge in [0.15, 0.2) is 0 Å². The van der Waals surface area contributed by atoms with Crippen LogP contribution in [0.5, 0.6) is 11.6 Å². The van der Waals surface area contributed by atoms with Crippen molar-refractivity contribution in [1.29, 1.82) is 0 Å². The van der Waals surface area contributed by atoms with Gasteiger partial charge in [0.05, 0.1) is 24.4 Å². The van der Waals surface area contributed by atoms with Crippen LogP contribution >= 0.6 is 0 Å². The van der Waals surface area contributed by atoms with Gasteiger partial charge >= 0.3 is 0 Å². The molecule has 0 spiro atoms. The van der Waals surface area contributed by atoms with Gasteiger partial charge in [-0.05, 0) is 36.5 Å². The smallest absolute Gasteiger partial charge is 0.223 e. The first-order chi connectivity index (χ1) is 12.7. The minimum atomic E-state index is -0.360. The van der Waals surface area contributed by atoms with Crippen molar-refractivity contribution in [1.82, 2.24) is 4.98 Å². The summed E-state index contributed by atoms with van der Waals surface area (Å²) in [5.41, 5.74) is 8.19. The van der Waals surface area contributed by atoms with E-state index in [0.29, 0.717) is 60.4 Å². The highest BCUT2D eigenvalue weighted by Crippen LogP contribution is 2.33. The molecule has 2 N–H and O–H groups in total. The van der Waals surface area contributed by atoms with E-state index in [1.54, 1.807) is 25.4 Å². The Morgan fingerprint density at radius 2 is 2.15 bits per heavy atom. The summed E-state index contributed by atoms with van der Waals surface area (Å²) in [6, 6.07) is 6.22. The molecule has 1 aromatic carbocycles. The quantitative estimate of drug-likeness (QED) is 0.804. The van der Waals surface area contributed by atoms with Gasteiger partial charge in [0.2, 0.25) is 5.88 Å². The van der Waals surface area contributed by atoms with Crippen LogP contribution in [0.3, 0.4) is 0 Å². The molecule has 3 rings (SSSR count). The third-order valence-electron chi connectivity index (χ3n) is 3.79. The van der Waals surface area contributed by atoms with Crippen molar-refractivity contribution < 1.29 is 18.6 Å². The van der Waals surface area contributed by atoms with Gasteiger partial charge in [-0.3, -0.25) is 4.99 Å². The number of nitrogens with two attached hydrogens (primary N) is 1. The fourth-order valence-electron chi connectivity index (χ4n) is 2.61. The van der Waals surface area contributed by atoms with E-state index in [-0.39, 0.29) is 5.82 Å². The lowest BCUT2D eigenvalue weighted by molar-refractivity contribution is 0.146. The van der Waals surface area contributed by atoms with Gasteiger partial charge in [-0.25, -0.2) is 9.37 Å². The zero-order chi connectivity index (χ0) is 18.4. The summed E-state index contributed by atoms with van der Waals surface area (Å²) in [4.78, 5) is 8.83. The molecule has 1 aliphatic heterocycles. The van der Waals surface area contributed by atoms with Gasteiger partial charge in [0.25, 0.3) is 0 Å². The van der Waals surface area contributed by atoms with Crippen LogP contribution < -0.4 is 15.2 Å². The predicted octanol–water partition coefficient (Wildman–Crippen LogP) is 2.57. The lowest BCUT2D eigenvalue weighted by Crippen LogP contribution is -2.06. The number of allylic oxidation sites excluding steroid dienone is 1. The van der Waals surface area contributed by atoms with E-state index in [4.69, 9.17) is 19.9 Å². The maximum absolute atomic E-state index is 13.8. The molecule has 0 radical (unpaired) electrons. The first-order valence-electron chi connectivity index (χ1n) is 8.20.